The molecule has 0 heterocycles. The lowest BCUT2D eigenvalue weighted by atomic mass is 9.88. The Morgan fingerprint density at radius 1 is 1.56 bits per heavy atom. The molecule has 16 heavy (non-hydrogen) atoms. The second kappa shape index (κ2) is 5.34. The van der Waals surface area contributed by atoms with Crippen molar-refractivity contribution in [3.05, 3.63) is 0 Å². The lowest BCUT2D eigenvalue weighted by molar-refractivity contribution is -0.127. The predicted octanol–water partition coefficient (Wildman–Crippen LogP) is 2.48. The molecule has 1 saturated carbocycles. The van der Waals surface area contributed by atoms with Crippen LogP contribution in [0.25, 0.3) is 0 Å². The predicted molar refractivity (Wildman–Crippen MR) is 63.5 cm³/mol. The van der Waals surface area contributed by atoms with Crippen molar-refractivity contribution in [3.63, 3.8) is 0 Å². The summed E-state index contributed by atoms with van der Waals surface area (Å²) in [6, 6.07) is 2.10. The highest BCUT2D eigenvalue weighted by molar-refractivity contribution is 5.84. The van der Waals surface area contributed by atoms with Gasteiger partial charge >= 0.3 is 0 Å². The van der Waals surface area contributed by atoms with Crippen LogP contribution in [0.5, 0.6) is 0 Å². The molecule has 0 saturated heterocycles. The highest BCUT2D eigenvalue weighted by Gasteiger charge is 2.32. The molecule has 1 fully saturated rings. The summed E-state index contributed by atoms with van der Waals surface area (Å²) in [6.07, 6.45) is 4.24. The summed E-state index contributed by atoms with van der Waals surface area (Å²) in [5, 5.41) is 11.9. The van der Waals surface area contributed by atoms with Crippen LogP contribution in [0, 0.1) is 28.6 Å². The molecular formula is C13H22N2O. The Hall–Kier alpha value is -1.04. The fourth-order valence-electron chi connectivity index (χ4n) is 2.23. The molecule has 1 amide bonds. The molecule has 0 bridgehead atoms. The zero-order valence-corrected chi connectivity index (χ0v) is 10.5. The molecule has 0 aromatic carbocycles. The first-order chi connectivity index (χ1) is 7.51. The van der Waals surface area contributed by atoms with Gasteiger partial charge in [0.15, 0.2) is 0 Å². The Balaban J connectivity index is 2.38. The van der Waals surface area contributed by atoms with Crippen molar-refractivity contribution in [2.45, 2.75) is 46.5 Å². The fraction of sp³-hybridized carbons (Fsp3) is 0.846. The van der Waals surface area contributed by atoms with Crippen molar-refractivity contribution in [2.75, 3.05) is 6.54 Å². The highest BCUT2D eigenvalue weighted by atomic mass is 16.2. The third-order valence-electron chi connectivity index (χ3n) is 3.81. The van der Waals surface area contributed by atoms with E-state index in [-0.39, 0.29) is 5.91 Å². The number of hydrogen-bond donors (Lipinski definition) is 1. The summed E-state index contributed by atoms with van der Waals surface area (Å²) >= 11 is 0. The van der Waals surface area contributed by atoms with E-state index < -0.39 is 5.41 Å². The molecule has 1 aliphatic rings. The minimum absolute atomic E-state index is 0.114. The van der Waals surface area contributed by atoms with Crippen molar-refractivity contribution in [2.24, 2.45) is 17.3 Å². The van der Waals surface area contributed by atoms with Crippen LogP contribution < -0.4 is 5.32 Å². The number of rotatable bonds is 4. The van der Waals surface area contributed by atoms with Crippen LogP contribution in [0.3, 0.4) is 0 Å². The first kappa shape index (κ1) is 13.0. The number of nitrogens with one attached hydrogen (secondary N) is 1. The average Bonchev–Trinajstić information content (AvgIpc) is 2.70. The molecule has 0 aromatic rings. The normalized spacial score (nSPS) is 28.1. The fourth-order valence-corrected chi connectivity index (χ4v) is 2.23. The summed E-state index contributed by atoms with van der Waals surface area (Å²) in [4.78, 5) is 11.8. The Kier molecular flexibility index (Phi) is 4.35. The van der Waals surface area contributed by atoms with Crippen molar-refractivity contribution in [3.8, 4) is 6.07 Å². The molecule has 90 valence electrons. The molecular weight excluding hydrogens is 200 g/mol. The maximum atomic E-state index is 11.8. The number of nitriles is 1. The van der Waals surface area contributed by atoms with E-state index in [0.29, 0.717) is 12.3 Å². The zero-order valence-electron chi connectivity index (χ0n) is 10.5. The van der Waals surface area contributed by atoms with Crippen molar-refractivity contribution < 1.29 is 4.79 Å². The monoisotopic (exact) mass is 222 g/mol. The first-order valence-electron chi connectivity index (χ1n) is 6.21. The van der Waals surface area contributed by atoms with Crippen LogP contribution in [0.2, 0.25) is 0 Å². The molecule has 3 heteroatoms. The Bertz CT molecular complexity index is 295. The van der Waals surface area contributed by atoms with Gasteiger partial charge in [-0.05, 0) is 38.0 Å². The molecule has 0 aromatic heterocycles. The summed E-state index contributed by atoms with van der Waals surface area (Å²) in [6.45, 7) is 6.58. The van der Waals surface area contributed by atoms with Gasteiger partial charge < -0.3 is 5.32 Å². The molecule has 0 aliphatic heterocycles. The average molecular weight is 222 g/mol. The van der Waals surface area contributed by atoms with Crippen LogP contribution in [-0.2, 0) is 4.79 Å². The maximum absolute atomic E-state index is 11.8. The summed E-state index contributed by atoms with van der Waals surface area (Å²) < 4.78 is 0. The van der Waals surface area contributed by atoms with E-state index >= 15 is 0 Å². The minimum atomic E-state index is -0.857. The smallest absolute Gasteiger partial charge is 0.240 e. The molecule has 3 atom stereocenters. The summed E-state index contributed by atoms with van der Waals surface area (Å²) in [5.41, 5.74) is -0.857. The standard InChI is InChI=1S/C13H22N2O/c1-4-13(3,9-14)12(16)15-8-11-6-5-10(2)7-11/h10-11H,4-8H2,1-3H3,(H,15,16). The largest absolute Gasteiger partial charge is 0.354 e. The van der Waals surface area contributed by atoms with Crippen LogP contribution in [-0.4, -0.2) is 12.5 Å². The molecule has 3 unspecified atom stereocenters. The Morgan fingerprint density at radius 3 is 2.69 bits per heavy atom. The molecule has 1 N–H and O–H groups in total. The third-order valence-corrected chi connectivity index (χ3v) is 3.81. The second-order valence-electron chi connectivity index (χ2n) is 5.29. The quantitative estimate of drug-likeness (QED) is 0.794. The van der Waals surface area contributed by atoms with Gasteiger partial charge in [-0.1, -0.05) is 20.3 Å². The molecule has 1 rings (SSSR count). The van der Waals surface area contributed by atoms with Crippen molar-refractivity contribution in [1.82, 2.24) is 5.32 Å². The summed E-state index contributed by atoms with van der Waals surface area (Å²) in [5.74, 6) is 1.28. The van der Waals surface area contributed by atoms with Crippen molar-refractivity contribution >= 4 is 5.91 Å². The Morgan fingerprint density at radius 2 is 2.25 bits per heavy atom. The van der Waals surface area contributed by atoms with Gasteiger partial charge in [-0.3, -0.25) is 4.79 Å². The van der Waals surface area contributed by atoms with E-state index in [1.165, 1.54) is 19.3 Å². The van der Waals surface area contributed by atoms with E-state index in [2.05, 4.69) is 18.3 Å². The lowest BCUT2D eigenvalue weighted by Gasteiger charge is -2.20. The van der Waals surface area contributed by atoms with Crippen molar-refractivity contribution in [1.29, 1.82) is 5.26 Å². The van der Waals surface area contributed by atoms with Gasteiger partial charge in [0.25, 0.3) is 0 Å². The SMILES string of the molecule is CCC(C)(C#N)C(=O)NCC1CCC(C)C1. The number of nitrogens with zero attached hydrogens (tertiary/aromatic N) is 1. The molecule has 0 radical (unpaired) electrons. The second-order valence-corrected chi connectivity index (χ2v) is 5.29. The Labute approximate surface area is 98.2 Å². The highest BCUT2D eigenvalue weighted by Crippen LogP contribution is 2.30. The minimum Gasteiger partial charge on any atom is -0.354 e. The molecule has 3 nitrogen and oxygen atoms in total. The van der Waals surface area contributed by atoms with Gasteiger partial charge in [0, 0.05) is 6.54 Å². The van der Waals surface area contributed by atoms with Gasteiger partial charge in [-0.25, -0.2) is 0 Å². The maximum Gasteiger partial charge on any atom is 0.240 e. The van der Waals surface area contributed by atoms with Crippen LogP contribution in [0.15, 0.2) is 0 Å². The van der Waals surface area contributed by atoms with Crippen LogP contribution in [0.4, 0.5) is 0 Å². The zero-order chi connectivity index (χ0) is 12.2. The van der Waals surface area contributed by atoms with E-state index in [1.54, 1.807) is 6.92 Å². The number of carbonyl (C=O) groups excluding carboxylic acids is 1. The molecule has 0 spiro atoms. The van der Waals surface area contributed by atoms with E-state index in [9.17, 15) is 4.79 Å². The topological polar surface area (TPSA) is 52.9 Å². The van der Waals surface area contributed by atoms with Gasteiger partial charge in [-0.15, -0.1) is 0 Å². The van der Waals surface area contributed by atoms with Crippen LogP contribution >= 0.6 is 0 Å². The van der Waals surface area contributed by atoms with Gasteiger partial charge in [0.05, 0.1) is 6.07 Å². The first-order valence-corrected chi connectivity index (χ1v) is 6.21. The summed E-state index contributed by atoms with van der Waals surface area (Å²) in [7, 11) is 0. The van der Waals surface area contributed by atoms with Gasteiger partial charge in [0.2, 0.25) is 5.91 Å². The van der Waals surface area contributed by atoms with E-state index in [4.69, 9.17) is 5.26 Å². The van der Waals surface area contributed by atoms with Gasteiger partial charge in [0.1, 0.15) is 5.41 Å². The van der Waals surface area contributed by atoms with E-state index in [0.717, 1.165) is 12.5 Å². The number of hydrogen-bond acceptors (Lipinski definition) is 2. The number of carbonyl (C=O) groups is 1. The van der Waals surface area contributed by atoms with E-state index in [1.807, 2.05) is 6.92 Å². The molecule has 1 aliphatic carbocycles. The van der Waals surface area contributed by atoms with Crippen LogP contribution in [0.1, 0.15) is 46.5 Å². The number of amides is 1. The third kappa shape index (κ3) is 2.98. The lowest BCUT2D eigenvalue weighted by Crippen LogP contribution is -2.39. The van der Waals surface area contributed by atoms with Gasteiger partial charge in [-0.2, -0.15) is 5.26 Å².